The number of hydrogen-bond acceptors (Lipinski definition) is 3. The van der Waals surface area contributed by atoms with E-state index in [0.717, 1.165) is 12.0 Å². The van der Waals surface area contributed by atoms with Crippen LogP contribution in [0.3, 0.4) is 0 Å². The van der Waals surface area contributed by atoms with Gasteiger partial charge in [0.05, 0.1) is 17.5 Å². The van der Waals surface area contributed by atoms with Crippen LogP contribution in [0.5, 0.6) is 0 Å². The fourth-order valence-corrected chi connectivity index (χ4v) is 3.36. The molecular formula is C19H24N2O3S. The third-order valence-electron chi connectivity index (χ3n) is 4.19. The van der Waals surface area contributed by atoms with Crippen molar-refractivity contribution in [3.63, 3.8) is 0 Å². The molecule has 134 valence electrons. The van der Waals surface area contributed by atoms with Crippen LogP contribution in [0.15, 0.2) is 54.6 Å². The molecule has 0 heterocycles. The molecule has 1 atom stereocenters. The molecule has 0 aliphatic carbocycles. The number of amides is 1. The maximum atomic E-state index is 12.5. The average Bonchev–Trinajstić information content (AvgIpc) is 2.66. The summed E-state index contributed by atoms with van der Waals surface area (Å²) in [5.74, 6) is -0.149. The monoisotopic (exact) mass is 360 g/mol. The lowest BCUT2D eigenvalue weighted by Gasteiger charge is -2.19. The van der Waals surface area contributed by atoms with Crippen molar-refractivity contribution in [3.8, 4) is 0 Å². The van der Waals surface area contributed by atoms with E-state index in [9.17, 15) is 13.2 Å². The molecule has 0 bridgehead atoms. The van der Waals surface area contributed by atoms with Crippen LogP contribution in [0.4, 0.5) is 5.69 Å². The Morgan fingerprint density at radius 3 is 2.16 bits per heavy atom. The minimum absolute atomic E-state index is 0.0288. The number of carbonyl (C=O) groups excluding carboxylic acids is 1. The number of sulfonamides is 1. The van der Waals surface area contributed by atoms with Crippen molar-refractivity contribution in [1.82, 2.24) is 5.32 Å². The minimum Gasteiger partial charge on any atom is -0.345 e. The molecule has 25 heavy (non-hydrogen) atoms. The predicted molar refractivity (Wildman–Crippen MR) is 101 cm³/mol. The van der Waals surface area contributed by atoms with Crippen LogP contribution in [0, 0.1) is 0 Å². The van der Waals surface area contributed by atoms with Crippen LogP contribution in [-0.4, -0.2) is 27.1 Å². The quantitative estimate of drug-likeness (QED) is 0.823. The zero-order valence-electron chi connectivity index (χ0n) is 14.8. The molecule has 0 aliphatic rings. The lowest BCUT2D eigenvalue weighted by atomic mass is 10.0. The van der Waals surface area contributed by atoms with Gasteiger partial charge < -0.3 is 5.32 Å². The summed E-state index contributed by atoms with van der Waals surface area (Å²) in [4.78, 5) is 12.5. The van der Waals surface area contributed by atoms with E-state index in [2.05, 4.69) is 5.32 Å². The van der Waals surface area contributed by atoms with Crippen LogP contribution < -0.4 is 9.62 Å². The van der Waals surface area contributed by atoms with Crippen molar-refractivity contribution >= 4 is 21.6 Å². The molecule has 0 aliphatic heterocycles. The number of benzene rings is 2. The van der Waals surface area contributed by atoms with Crippen LogP contribution >= 0.6 is 0 Å². The summed E-state index contributed by atoms with van der Waals surface area (Å²) in [5.41, 5.74) is 2.10. The fourth-order valence-electron chi connectivity index (χ4n) is 2.53. The highest BCUT2D eigenvalue weighted by atomic mass is 32.2. The van der Waals surface area contributed by atoms with E-state index >= 15 is 0 Å². The van der Waals surface area contributed by atoms with Crippen LogP contribution in [-0.2, 0) is 10.0 Å². The number of anilines is 1. The van der Waals surface area contributed by atoms with Gasteiger partial charge in [0.15, 0.2) is 0 Å². The predicted octanol–water partition coefficient (Wildman–Crippen LogP) is 3.35. The first-order valence-electron chi connectivity index (χ1n) is 8.31. The summed E-state index contributed by atoms with van der Waals surface area (Å²) >= 11 is 0. The van der Waals surface area contributed by atoms with E-state index in [1.54, 1.807) is 31.2 Å². The maximum Gasteiger partial charge on any atom is 0.251 e. The molecule has 0 radical (unpaired) electrons. The molecule has 1 N–H and O–H groups in total. The van der Waals surface area contributed by atoms with Crippen molar-refractivity contribution < 1.29 is 13.2 Å². The lowest BCUT2D eigenvalue weighted by molar-refractivity contribution is 0.0935. The van der Waals surface area contributed by atoms with Gasteiger partial charge in [-0.05, 0) is 43.2 Å². The molecule has 2 aromatic rings. The van der Waals surface area contributed by atoms with Crippen molar-refractivity contribution in [3.05, 3.63) is 65.7 Å². The molecular weight excluding hydrogens is 336 g/mol. The standard InChI is InChI=1S/C19H24N2O3S/c1-4-18(15-9-7-6-8-10-15)20-19(22)16-11-13-17(14-12-16)21(3)25(23,24)5-2/h6-14,18H,4-5H2,1-3H3,(H,20,22). The maximum absolute atomic E-state index is 12.5. The van der Waals surface area contributed by atoms with E-state index in [4.69, 9.17) is 0 Å². The first-order chi connectivity index (χ1) is 11.9. The van der Waals surface area contributed by atoms with E-state index in [0.29, 0.717) is 11.3 Å². The molecule has 2 aromatic carbocycles. The summed E-state index contributed by atoms with van der Waals surface area (Å²) < 4.78 is 25.0. The topological polar surface area (TPSA) is 66.5 Å². The Bertz CT molecular complexity index is 802. The highest BCUT2D eigenvalue weighted by Gasteiger charge is 2.17. The van der Waals surface area contributed by atoms with Gasteiger partial charge in [0.1, 0.15) is 0 Å². The zero-order valence-corrected chi connectivity index (χ0v) is 15.6. The average molecular weight is 360 g/mol. The molecule has 6 heteroatoms. The second kappa shape index (κ2) is 8.16. The van der Waals surface area contributed by atoms with Crippen LogP contribution in [0.2, 0.25) is 0 Å². The van der Waals surface area contributed by atoms with Gasteiger partial charge in [-0.25, -0.2) is 8.42 Å². The Hall–Kier alpha value is -2.34. The Kier molecular flexibility index (Phi) is 6.20. The Balaban J connectivity index is 2.12. The van der Waals surface area contributed by atoms with E-state index in [1.807, 2.05) is 37.3 Å². The number of nitrogens with one attached hydrogen (secondary N) is 1. The summed E-state index contributed by atoms with van der Waals surface area (Å²) in [6.45, 7) is 3.62. The highest BCUT2D eigenvalue weighted by molar-refractivity contribution is 7.92. The highest BCUT2D eigenvalue weighted by Crippen LogP contribution is 2.19. The molecule has 0 saturated heterocycles. The summed E-state index contributed by atoms with van der Waals surface area (Å²) in [6, 6.07) is 16.3. The zero-order chi connectivity index (χ0) is 18.4. The van der Waals surface area contributed by atoms with Gasteiger partial charge in [0, 0.05) is 12.6 Å². The lowest BCUT2D eigenvalue weighted by Crippen LogP contribution is -2.29. The van der Waals surface area contributed by atoms with Crippen LogP contribution in [0.25, 0.3) is 0 Å². The smallest absolute Gasteiger partial charge is 0.251 e. The fraction of sp³-hybridized carbons (Fsp3) is 0.316. The van der Waals surface area contributed by atoms with E-state index < -0.39 is 10.0 Å². The normalized spacial score (nSPS) is 12.4. The second-order valence-corrected chi connectivity index (χ2v) is 8.05. The second-order valence-electron chi connectivity index (χ2n) is 5.76. The Morgan fingerprint density at radius 2 is 1.64 bits per heavy atom. The summed E-state index contributed by atoms with van der Waals surface area (Å²) in [6.07, 6.45) is 0.783. The van der Waals surface area contributed by atoms with Crippen molar-refractivity contribution in [2.75, 3.05) is 17.1 Å². The van der Waals surface area contributed by atoms with E-state index in [1.165, 1.54) is 11.4 Å². The molecule has 0 saturated carbocycles. The first-order valence-corrected chi connectivity index (χ1v) is 9.92. The van der Waals surface area contributed by atoms with Gasteiger partial charge in [-0.3, -0.25) is 9.10 Å². The largest absolute Gasteiger partial charge is 0.345 e. The number of carbonyl (C=O) groups is 1. The third kappa shape index (κ3) is 4.60. The molecule has 1 amide bonds. The van der Waals surface area contributed by atoms with Gasteiger partial charge in [-0.2, -0.15) is 0 Å². The third-order valence-corrected chi connectivity index (χ3v) is 5.97. The number of hydrogen-bond donors (Lipinski definition) is 1. The van der Waals surface area contributed by atoms with Crippen molar-refractivity contribution in [2.45, 2.75) is 26.3 Å². The summed E-state index contributed by atoms with van der Waals surface area (Å²) in [7, 11) is -1.80. The molecule has 0 spiro atoms. The molecule has 0 fully saturated rings. The van der Waals surface area contributed by atoms with Crippen molar-refractivity contribution in [2.24, 2.45) is 0 Å². The molecule has 0 aromatic heterocycles. The molecule has 5 nitrogen and oxygen atoms in total. The van der Waals surface area contributed by atoms with Gasteiger partial charge in [-0.15, -0.1) is 0 Å². The molecule has 2 rings (SSSR count). The summed E-state index contributed by atoms with van der Waals surface area (Å²) in [5, 5.41) is 3.02. The minimum atomic E-state index is -3.31. The first kappa shape index (κ1) is 19.0. The Morgan fingerprint density at radius 1 is 1.04 bits per heavy atom. The molecule has 1 unspecified atom stereocenters. The SMILES string of the molecule is CCC(NC(=O)c1ccc(N(C)S(=O)(=O)CC)cc1)c1ccccc1. The van der Waals surface area contributed by atoms with E-state index in [-0.39, 0.29) is 17.7 Å². The van der Waals surface area contributed by atoms with Crippen LogP contribution in [0.1, 0.15) is 42.2 Å². The van der Waals surface area contributed by atoms with Gasteiger partial charge >= 0.3 is 0 Å². The number of nitrogens with zero attached hydrogens (tertiary/aromatic N) is 1. The van der Waals surface area contributed by atoms with Gasteiger partial charge in [0.2, 0.25) is 10.0 Å². The Labute approximate surface area is 149 Å². The van der Waals surface area contributed by atoms with Crippen molar-refractivity contribution in [1.29, 1.82) is 0 Å². The van der Waals surface area contributed by atoms with Gasteiger partial charge in [-0.1, -0.05) is 37.3 Å². The van der Waals surface area contributed by atoms with Gasteiger partial charge in [0.25, 0.3) is 5.91 Å². The number of rotatable bonds is 7.